The van der Waals surface area contributed by atoms with Crippen molar-refractivity contribution in [3.05, 3.63) is 54.4 Å². The summed E-state index contributed by atoms with van der Waals surface area (Å²) in [5.41, 5.74) is 3.69. The molecule has 5 nitrogen and oxygen atoms in total. The average Bonchev–Trinajstić information content (AvgIpc) is 2.83. The lowest BCUT2D eigenvalue weighted by Crippen LogP contribution is -1.99. The number of aromatic nitrogens is 3. The number of aliphatic carboxylic acids is 1. The van der Waals surface area contributed by atoms with Gasteiger partial charge in [0.2, 0.25) is 0 Å². The van der Waals surface area contributed by atoms with Crippen LogP contribution in [0.4, 0.5) is 0 Å². The van der Waals surface area contributed by atoms with Crippen LogP contribution in [0.5, 0.6) is 0 Å². The van der Waals surface area contributed by atoms with Crippen LogP contribution in [-0.4, -0.2) is 25.9 Å². The lowest BCUT2D eigenvalue weighted by Gasteiger charge is -2.01. The third kappa shape index (κ3) is 2.18. The molecule has 0 spiro atoms. The molecule has 3 rings (SSSR count). The van der Waals surface area contributed by atoms with Crippen molar-refractivity contribution < 1.29 is 9.90 Å². The highest BCUT2D eigenvalue weighted by atomic mass is 16.4. The summed E-state index contributed by atoms with van der Waals surface area (Å²) >= 11 is 0. The van der Waals surface area contributed by atoms with Gasteiger partial charge in [0.05, 0.1) is 18.1 Å². The number of carboxylic acid groups (broad SMARTS) is 1. The first-order chi connectivity index (χ1) is 9.24. The first-order valence-corrected chi connectivity index (χ1v) is 5.84. The first-order valence-electron chi connectivity index (χ1n) is 5.84. The van der Waals surface area contributed by atoms with Gasteiger partial charge in [0.15, 0.2) is 0 Å². The summed E-state index contributed by atoms with van der Waals surface area (Å²) in [7, 11) is 0. The van der Waals surface area contributed by atoms with Gasteiger partial charge >= 0.3 is 5.97 Å². The largest absolute Gasteiger partial charge is 0.481 e. The van der Waals surface area contributed by atoms with E-state index in [0.717, 1.165) is 22.2 Å². The molecule has 94 valence electrons. The highest BCUT2D eigenvalue weighted by molar-refractivity contribution is 5.79. The normalized spacial score (nSPS) is 10.7. The molecular weight excluding hydrogens is 242 g/mol. The third-order valence-electron chi connectivity index (χ3n) is 2.92. The summed E-state index contributed by atoms with van der Waals surface area (Å²) in [4.78, 5) is 10.6. The van der Waals surface area contributed by atoms with Crippen LogP contribution in [0.25, 0.3) is 16.6 Å². The molecule has 0 atom stereocenters. The minimum absolute atomic E-state index is 0.0383. The molecule has 0 amide bonds. The maximum absolute atomic E-state index is 10.6. The molecule has 0 bridgehead atoms. The van der Waals surface area contributed by atoms with E-state index >= 15 is 0 Å². The van der Waals surface area contributed by atoms with Gasteiger partial charge in [0.1, 0.15) is 0 Å². The highest BCUT2D eigenvalue weighted by Gasteiger charge is 2.07. The molecule has 0 saturated heterocycles. The number of benzene rings is 1. The molecule has 3 aromatic rings. The van der Waals surface area contributed by atoms with Gasteiger partial charge in [0, 0.05) is 11.8 Å². The maximum atomic E-state index is 10.6. The second kappa shape index (κ2) is 4.53. The molecule has 0 fully saturated rings. The van der Waals surface area contributed by atoms with E-state index in [-0.39, 0.29) is 6.42 Å². The molecule has 5 heteroatoms. The first kappa shape index (κ1) is 11.4. The zero-order chi connectivity index (χ0) is 13.2. The van der Waals surface area contributed by atoms with Gasteiger partial charge in [-0.05, 0) is 23.3 Å². The zero-order valence-electron chi connectivity index (χ0n) is 10.0. The number of fused-ring (bicyclic) bond motifs is 1. The lowest BCUT2D eigenvalue weighted by atomic mass is 10.0. The fourth-order valence-corrected chi connectivity index (χ4v) is 2.03. The molecule has 1 aromatic carbocycles. The Bertz CT molecular complexity index is 732. The van der Waals surface area contributed by atoms with Crippen LogP contribution in [0.15, 0.2) is 48.8 Å². The van der Waals surface area contributed by atoms with Crippen LogP contribution in [0.1, 0.15) is 5.56 Å². The Hall–Kier alpha value is -2.69. The van der Waals surface area contributed by atoms with Crippen molar-refractivity contribution in [2.45, 2.75) is 6.42 Å². The van der Waals surface area contributed by atoms with Crippen molar-refractivity contribution in [3.63, 3.8) is 0 Å². The molecular formula is C14H11N3O2. The fraction of sp³-hybridized carbons (Fsp3) is 0.0714. The third-order valence-corrected chi connectivity index (χ3v) is 2.92. The maximum Gasteiger partial charge on any atom is 0.307 e. The van der Waals surface area contributed by atoms with E-state index in [1.165, 1.54) is 0 Å². The summed E-state index contributed by atoms with van der Waals surface area (Å²) in [6.45, 7) is 0. The Balaban J connectivity index is 2.00. The molecule has 0 aliphatic heterocycles. The van der Waals surface area contributed by atoms with Gasteiger partial charge in [-0.25, -0.2) is 0 Å². The van der Waals surface area contributed by atoms with Gasteiger partial charge in [-0.1, -0.05) is 24.3 Å². The molecule has 0 aliphatic carbocycles. The van der Waals surface area contributed by atoms with Crippen LogP contribution in [0.3, 0.4) is 0 Å². The molecule has 19 heavy (non-hydrogen) atoms. The number of rotatable bonds is 3. The zero-order valence-corrected chi connectivity index (χ0v) is 10.0. The number of hydrogen-bond acceptors (Lipinski definition) is 3. The quantitative estimate of drug-likeness (QED) is 0.775. The minimum Gasteiger partial charge on any atom is -0.481 e. The standard InChI is InChI=1S/C14H11N3O2/c18-14(19)8-10-3-5-11(6-4-10)12-9-16-17-13(12)2-1-7-15-17/h1-7,9H,8H2,(H,18,19). The average molecular weight is 253 g/mol. The van der Waals surface area contributed by atoms with E-state index in [4.69, 9.17) is 5.11 Å². The van der Waals surface area contributed by atoms with E-state index < -0.39 is 5.97 Å². The predicted octanol–water partition coefficient (Wildman–Crippen LogP) is 2.02. The van der Waals surface area contributed by atoms with Crippen molar-refractivity contribution in [1.82, 2.24) is 14.8 Å². The Morgan fingerprint density at radius 2 is 1.95 bits per heavy atom. The molecule has 0 radical (unpaired) electrons. The molecule has 2 heterocycles. The van der Waals surface area contributed by atoms with Gasteiger partial charge in [-0.2, -0.15) is 14.8 Å². The Kier molecular flexibility index (Phi) is 2.72. The second-order valence-corrected chi connectivity index (χ2v) is 4.22. The molecule has 0 unspecified atom stereocenters. The van der Waals surface area contributed by atoms with Crippen LogP contribution in [0, 0.1) is 0 Å². The number of carboxylic acids is 1. The van der Waals surface area contributed by atoms with Crippen molar-refractivity contribution >= 4 is 11.5 Å². The summed E-state index contributed by atoms with van der Waals surface area (Å²) in [6.07, 6.45) is 3.48. The molecule has 0 saturated carbocycles. The summed E-state index contributed by atoms with van der Waals surface area (Å²) in [5, 5.41) is 17.0. The van der Waals surface area contributed by atoms with Crippen molar-refractivity contribution in [2.24, 2.45) is 0 Å². The molecule has 1 N–H and O–H groups in total. The van der Waals surface area contributed by atoms with Gasteiger partial charge in [0.25, 0.3) is 0 Å². The fourth-order valence-electron chi connectivity index (χ4n) is 2.03. The van der Waals surface area contributed by atoms with E-state index in [9.17, 15) is 4.79 Å². The monoisotopic (exact) mass is 253 g/mol. The van der Waals surface area contributed by atoms with Gasteiger partial charge in [-0.15, -0.1) is 0 Å². The second-order valence-electron chi connectivity index (χ2n) is 4.22. The Morgan fingerprint density at radius 3 is 2.68 bits per heavy atom. The van der Waals surface area contributed by atoms with Crippen LogP contribution >= 0.6 is 0 Å². The van der Waals surface area contributed by atoms with Crippen LogP contribution in [-0.2, 0) is 11.2 Å². The predicted molar refractivity (Wildman–Crippen MR) is 69.8 cm³/mol. The lowest BCUT2D eigenvalue weighted by molar-refractivity contribution is -0.136. The summed E-state index contributed by atoms with van der Waals surface area (Å²) in [6, 6.07) is 11.3. The van der Waals surface area contributed by atoms with Gasteiger partial charge < -0.3 is 5.11 Å². The van der Waals surface area contributed by atoms with E-state index in [1.807, 2.05) is 36.4 Å². The number of nitrogens with zero attached hydrogens (tertiary/aromatic N) is 3. The molecule has 2 aromatic heterocycles. The van der Waals surface area contributed by atoms with E-state index in [2.05, 4.69) is 10.2 Å². The topological polar surface area (TPSA) is 67.5 Å². The van der Waals surface area contributed by atoms with Crippen molar-refractivity contribution in [3.8, 4) is 11.1 Å². The number of carbonyl (C=O) groups is 1. The summed E-state index contributed by atoms with van der Waals surface area (Å²) in [5.74, 6) is -0.826. The van der Waals surface area contributed by atoms with E-state index in [1.54, 1.807) is 17.0 Å². The Morgan fingerprint density at radius 1 is 1.16 bits per heavy atom. The van der Waals surface area contributed by atoms with Crippen molar-refractivity contribution in [2.75, 3.05) is 0 Å². The van der Waals surface area contributed by atoms with Crippen molar-refractivity contribution in [1.29, 1.82) is 0 Å². The number of hydrogen-bond donors (Lipinski definition) is 1. The Labute approximate surface area is 109 Å². The highest BCUT2D eigenvalue weighted by Crippen LogP contribution is 2.24. The van der Waals surface area contributed by atoms with Gasteiger partial charge in [-0.3, -0.25) is 4.79 Å². The smallest absolute Gasteiger partial charge is 0.307 e. The molecule has 0 aliphatic rings. The van der Waals surface area contributed by atoms with Crippen LogP contribution < -0.4 is 0 Å². The minimum atomic E-state index is -0.826. The SMILES string of the molecule is O=C(O)Cc1ccc(-c2cnn3ncccc23)cc1. The van der Waals surface area contributed by atoms with Crippen LogP contribution in [0.2, 0.25) is 0 Å². The summed E-state index contributed by atoms with van der Waals surface area (Å²) < 4.78 is 1.57. The van der Waals surface area contributed by atoms with E-state index in [0.29, 0.717) is 0 Å².